The van der Waals surface area contributed by atoms with Crippen LogP contribution in [0.1, 0.15) is 57.5 Å². The molecule has 1 atom stereocenters. The van der Waals surface area contributed by atoms with Crippen LogP contribution in [-0.4, -0.2) is 11.0 Å². The van der Waals surface area contributed by atoms with Gasteiger partial charge >= 0.3 is 0 Å². The van der Waals surface area contributed by atoms with E-state index in [0.29, 0.717) is 12.1 Å². The first kappa shape index (κ1) is 13.0. The smallest absolute Gasteiger partial charge is 0.110 e. The molecule has 17 heavy (non-hydrogen) atoms. The Balaban J connectivity index is 2.05. The number of hydrogen-bond donors (Lipinski definition) is 1. The minimum atomic E-state index is 0.475. The largest absolute Gasteiger partial charge is 0.305 e. The quantitative estimate of drug-likeness (QED) is 0.876. The van der Waals surface area contributed by atoms with E-state index in [-0.39, 0.29) is 0 Å². The fourth-order valence-corrected chi connectivity index (χ4v) is 3.57. The molecule has 1 heterocycles. The molecular weight excluding hydrogens is 228 g/mol. The number of rotatable bonds is 4. The Bertz CT molecular complexity index is 313. The van der Waals surface area contributed by atoms with E-state index in [2.05, 4.69) is 36.5 Å². The second kappa shape index (κ2) is 5.96. The minimum Gasteiger partial charge on any atom is -0.305 e. The molecule has 1 aromatic rings. The summed E-state index contributed by atoms with van der Waals surface area (Å²) in [5.41, 5.74) is 0. The fraction of sp³-hybridized carbons (Fsp3) is 0.786. The number of nitrogens with one attached hydrogen (secondary N) is 1. The van der Waals surface area contributed by atoms with Crippen molar-refractivity contribution in [3.05, 3.63) is 16.6 Å². The molecule has 1 unspecified atom stereocenters. The molecule has 0 aromatic carbocycles. The van der Waals surface area contributed by atoms with E-state index in [1.807, 2.05) is 6.20 Å². The first-order valence-corrected chi connectivity index (χ1v) is 7.70. The molecule has 1 fully saturated rings. The zero-order chi connectivity index (χ0) is 12.3. The van der Waals surface area contributed by atoms with Crippen molar-refractivity contribution < 1.29 is 0 Å². The van der Waals surface area contributed by atoms with Crippen LogP contribution in [0.15, 0.2) is 11.6 Å². The predicted molar refractivity (Wildman–Crippen MR) is 74.2 cm³/mol. The molecule has 2 nitrogen and oxygen atoms in total. The highest BCUT2D eigenvalue weighted by molar-refractivity contribution is 7.09. The maximum Gasteiger partial charge on any atom is 0.110 e. The van der Waals surface area contributed by atoms with E-state index in [4.69, 9.17) is 0 Å². The summed E-state index contributed by atoms with van der Waals surface area (Å²) in [6.07, 6.45) is 7.40. The van der Waals surface area contributed by atoms with Gasteiger partial charge in [-0.3, -0.25) is 0 Å². The van der Waals surface area contributed by atoms with Crippen molar-refractivity contribution in [2.24, 2.45) is 11.8 Å². The third kappa shape index (κ3) is 3.52. The van der Waals surface area contributed by atoms with Crippen LogP contribution in [-0.2, 0) is 0 Å². The molecule has 1 aliphatic carbocycles. The van der Waals surface area contributed by atoms with Crippen LogP contribution >= 0.6 is 11.3 Å². The second-order valence-corrected chi connectivity index (χ2v) is 6.62. The van der Waals surface area contributed by atoms with Crippen molar-refractivity contribution in [1.82, 2.24) is 10.3 Å². The van der Waals surface area contributed by atoms with Crippen LogP contribution in [0.5, 0.6) is 0 Å². The number of hydrogen-bond acceptors (Lipinski definition) is 3. The van der Waals surface area contributed by atoms with E-state index >= 15 is 0 Å². The maximum absolute atomic E-state index is 4.52. The van der Waals surface area contributed by atoms with Gasteiger partial charge in [-0.05, 0) is 24.7 Å². The molecule has 96 valence electrons. The summed E-state index contributed by atoms with van der Waals surface area (Å²) >= 11 is 1.79. The molecule has 1 N–H and O–H groups in total. The predicted octanol–water partition coefficient (Wildman–Crippen LogP) is 4.01. The first-order valence-electron chi connectivity index (χ1n) is 6.82. The third-order valence-electron chi connectivity index (χ3n) is 3.76. The van der Waals surface area contributed by atoms with Gasteiger partial charge in [-0.15, -0.1) is 11.3 Å². The third-order valence-corrected chi connectivity index (χ3v) is 4.62. The number of nitrogens with zero attached hydrogens (tertiary/aromatic N) is 1. The van der Waals surface area contributed by atoms with Crippen LogP contribution in [0.2, 0.25) is 0 Å². The van der Waals surface area contributed by atoms with Gasteiger partial charge in [0.2, 0.25) is 0 Å². The number of aromatic nitrogens is 1. The molecule has 0 spiro atoms. The van der Waals surface area contributed by atoms with Gasteiger partial charge in [0.1, 0.15) is 5.01 Å². The topological polar surface area (TPSA) is 24.9 Å². The lowest BCUT2D eigenvalue weighted by molar-refractivity contribution is 0.223. The highest BCUT2D eigenvalue weighted by atomic mass is 32.1. The Labute approximate surface area is 109 Å². The zero-order valence-corrected chi connectivity index (χ0v) is 12.0. The van der Waals surface area contributed by atoms with Gasteiger partial charge in [-0.1, -0.05) is 33.6 Å². The van der Waals surface area contributed by atoms with Crippen molar-refractivity contribution in [3.63, 3.8) is 0 Å². The van der Waals surface area contributed by atoms with Crippen LogP contribution in [0.4, 0.5) is 0 Å². The molecule has 3 heteroatoms. The molecule has 1 aliphatic rings. The van der Waals surface area contributed by atoms with E-state index in [9.17, 15) is 0 Å². The van der Waals surface area contributed by atoms with Crippen LogP contribution in [0, 0.1) is 11.8 Å². The van der Waals surface area contributed by atoms with Gasteiger partial charge < -0.3 is 5.32 Å². The normalized spacial score (nSPS) is 27.3. The van der Waals surface area contributed by atoms with E-state index < -0.39 is 0 Å². The summed E-state index contributed by atoms with van der Waals surface area (Å²) in [5, 5.41) is 7.08. The SMILES string of the molecule is CC1CCC(C(NC(C)C)c2nccs2)CC1. The molecule has 1 saturated carbocycles. The average molecular weight is 252 g/mol. The summed E-state index contributed by atoms with van der Waals surface area (Å²) in [6.45, 7) is 6.84. The molecular formula is C14H24N2S. The minimum absolute atomic E-state index is 0.475. The standard InChI is InChI=1S/C14H24N2S/c1-10(2)16-13(14-15-8-9-17-14)12-6-4-11(3)5-7-12/h8-13,16H,4-7H2,1-3H3. The summed E-state index contributed by atoms with van der Waals surface area (Å²) in [6, 6.07) is 1.01. The highest BCUT2D eigenvalue weighted by Gasteiger charge is 2.28. The van der Waals surface area contributed by atoms with Crippen molar-refractivity contribution in [2.45, 2.75) is 58.5 Å². The summed E-state index contributed by atoms with van der Waals surface area (Å²) in [7, 11) is 0. The summed E-state index contributed by atoms with van der Waals surface area (Å²) in [4.78, 5) is 4.52. The van der Waals surface area contributed by atoms with Crippen LogP contribution in [0.3, 0.4) is 0 Å². The second-order valence-electron chi connectivity index (χ2n) is 5.69. The Morgan fingerprint density at radius 2 is 2.00 bits per heavy atom. The molecule has 1 aromatic heterocycles. The lowest BCUT2D eigenvalue weighted by atomic mass is 9.79. The van der Waals surface area contributed by atoms with Crippen molar-refractivity contribution >= 4 is 11.3 Å². The lowest BCUT2D eigenvalue weighted by Gasteiger charge is -2.33. The van der Waals surface area contributed by atoms with Gasteiger partial charge in [0.15, 0.2) is 0 Å². The molecule has 2 rings (SSSR count). The van der Waals surface area contributed by atoms with E-state index in [1.165, 1.54) is 30.7 Å². The fourth-order valence-electron chi connectivity index (χ4n) is 2.78. The van der Waals surface area contributed by atoms with E-state index in [0.717, 1.165) is 11.8 Å². The van der Waals surface area contributed by atoms with Crippen molar-refractivity contribution in [2.75, 3.05) is 0 Å². The first-order chi connectivity index (χ1) is 8.16. The van der Waals surface area contributed by atoms with Crippen LogP contribution < -0.4 is 5.32 Å². The molecule has 0 saturated heterocycles. The summed E-state index contributed by atoms with van der Waals surface area (Å²) in [5.74, 6) is 1.70. The molecule has 0 amide bonds. The monoisotopic (exact) mass is 252 g/mol. The van der Waals surface area contributed by atoms with Gasteiger partial charge in [-0.2, -0.15) is 0 Å². The average Bonchev–Trinajstić information content (AvgIpc) is 2.80. The van der Waals surface area contributed by atoms with Gasteiger partial charge in [0.25, 0.3) is 0 Å². The Morgan fingerprint density at radius 3 is 2.53 bits per heavy atom. The Morgan fingerprint density at radius 1 is 1.29 bits per heavy atom. The highest BCUT2D eigenvalue weighted by Crippen LogP contribution is 2.37. The Kier molecular flexibility index (Phi) is 4.57. The number of thiazole rings is 1. The van der Waals surface area contributed by atoms with Crippen molar-refractivity contribution in [3.8, 4) is 0 Å². The van der Waals surface area contributed by atoms with Crippen LogP contribution in [0.25, 0.3) is 0 Å². The van der Waals surface area contributed by atoms with Gasteiger partial charge in [0.05, 0.1) is 6.04 Å². The molecule has 0 aliphatic heterocycles. The van der Waals surface area contributed by atoms with E-state index in [1.54, 1.807) is 11.3 Å². The zero-order valence-electron chi connectivity index (χ0n) is 11.1. The summed E-state index contributed by atoms with van der Waals surface area (Å²) < 4.78 is 0. The maximum atomic E-state index is 4.52. The van der Waals surface area contributed by atoms with Crippen molar-refractivity contribution in [1.29, 1.82) is 0 Å². The molecule has 0 radical (unpaired) electrons. The Hall–Kier alpha value is -0.410. The van der Waals surface area contributed by atoms with Gasteiger partial charge in [-0.25, -0.2) is 4.98 Å². The lowest BCUT2D eigenvalue weighted by Crippen LogP contribution is -2.34. The molecule has 0 bridgehead atoms. The van der Waals surface area contributed by atoms with Gasteiger partial charge in [0, 0.05) is 17.6 Å².